The van der Waals surface area contributed by atoms with Crippen molar-refractivity contribution in [1.82, 2.24) is 4.98 Å². The number of thiazole rings is 1. The van der Waals surface area contributed by atoms with Crippen LogP contribution in [0.2, 0.25) is 0 Å². The second kappa shape index (κ2) is 13.0. The number of anilines is 2. The van der Waals surface area contributed by atoms with Crippen LogP contribution in [-0.2, 0) is 4.79 Å². The molecule has 1 heterocycles. The lowest BCUT2D eigenvalue weighted by atomic mass is 10.1. The molecule has 0 aliphatic rings. The number of methoxy groups -OCH3 is 1. The average Bonchev–Trinajstić information content (AvgIpc) is 3.45. The molecular formula is C31H24BrN3O3S2. The molecule has 200 valence electrons. The van der Waals surface area contributed by atoms with Gasteiger partial charge in [0.05, 0.1) is 12.8 Å². The van der Waals surface area contributed by atoms with Crippen molar-refractivity contribution in [3.8, 4) is 17.0 Å². The summed E-state index contributed by atoms with van der Waals surface area (Å²) < 4.78 is 6.16. The molecule has 1 aromatic heterocycles. The molecule has 0 aliphatic heterocycles. The molecule has 1 unspecified atom stereocenters. The van der Waals surface area contributed by atoms with Gasteiger partial charge in [-0.1, -0.05) is 64.5 Å². The van der Waals surface area contributed by atoms with E-state index >= 15 is 0 Å². The van der Waals surface area contributed by atoms with E-state index in [1.807, 2.05) is 84.2 Å². The normalized spacial score (nSPS) is 11.4. The second-order valence-electron chi connectivity index (χ2n) is 8.65. The Balaban J connectivity index is 1.32. The summed E-state index contributed by atoms with van der Waals surface area (Å²) >= 11 is 6.24. The van der Waals surface area contributed by atoms with Gasteiger partial charge in [0.2, 0.25) is 5.91 Å². The number of aromatic nitrogens is 1. The Morgan fingerprint density at radius 3 is 2.38 bits per heavy atom. The monoisotopic (exact) mass is 629 g/mol. The number of amides is 2. The van der Waals surface area contributed by atoms with Gasteiger partial charge in [-0.25, -0.2) is 4.98 Å². The fourth-order valence-corrected chi connectivity index (χ4v) is 5.96. The minimum atomic E-state index is -0.534. The molecule has 5 rings (SSSR count). The van der Waals surface area contributed by atoms with Gasteiger partial charge in [-0.05, 0) is 60.2 Å². The van der Waals surface area contributed by atoms with Crippen molar-refractivity contribution < 1.29 is 14.3 Å². The number of benzene rings is 4. The van der Waals surface area contributed by atoms with Crippen molar-refractivity contribution >= 4 is 61.7 Å². The highest BCUT2D eigenvalue weighted by Crippen LogP contribution is 2.38. The predicted molar refractivity (Wildman–Crippen MR) is 166 cm³/mol. The highest BCUT2D eigenvalue weighted by molar-refractivity contribution is 9.10. The Hall–Kier alpha value is -3.92. The number of carbonyl (C=O) groups excluding carboxylic acids is 2. The van der Waals surface area contributed by atoms with Crippen LogP contribution in [0.25, 0.3) is 11.3 Å². The third kappa shape index (κ3) is 6.98. The van der Waals surface area contributed by atoms with Gasteiger partial charge in [0.15, 0.2) is 5.13 Å². The maximum Gasteiger partial charge on any atom is 0.255 e. The third-order valence-corrected chi connectivity index (χ3v) is 8.45. The summed E-state index contributed by atoms with van der Waals surface area (Å²) in [5.74, 6) is 0.274. The third-order valence-electron chi connectivity index (χ3n) is 5.91. The van der Waals surface area contributed by atoms with Crippen LogP contribution in [-0.4, -0.2) is 23.9 Å². The van der Waals surface area contributed by atoms with Gasteiger partial charge in [0.25, 0.3) is 5.91 Å². The van der Waals surface area contributed by atoms with E-state index in [-0.39, 0.29) is 11.8 Å². The lowest BCUT2D eigenvalue weighted by Crippen LogP contribution is -2.19. The molecule has 1 atom stereocenters. The Labute approximate surface area is 249 Å². The van der Waals surface area contributed by atoms with E-state index in [2.05, 4.69) is 31.5 Å². The van der Waals surface area contributed by atoms with Crippen molar-refractivity contribution in [2.24, 2.45) is 0 Å². The number of hydrogen-bond acceptors (Lipinski definition) is 6. The van der Waals surface area contributed by atoms with Crippen molar-refractivity contribution in [2.75, 3.05) is 17.7 Å². The first-order valence-electron chi connectivity index (χ1n) is 12.3. The largest absolute Gasteiger partial charge is 0.497 e. The molecule has 0 saturated carbocycles. The molecule has 0 fully saturated rings. The lowest BCUT2D eigenvalue weighted by Gasteiger charge is -2.17. The Kier molecular flexibility index (Phi) is 8.95. The zero-order valence-electron chi connectivity index (χ0n) is 21.3. The minimum Gasteiger partial charge on any atom is -0.497 e. The summed E-state index contributed by atoms with van der Waals surface area (Å²) in [4.78, 5) is 31.8. The van der Waals surface area contributed by atoms with E-state index < -0.39 is 5.25 Å². The van der Waals surface area contributed by atoms with Gasteiger partial charge >= 0.3 is 0 Å². The van der Waals surface area contributed by atoms with E-state index in [4.69, 9.17) is 4.74 Å². The number of hydrogen-bond donors (Lipinski definition) is 2. The van der Waals surface area contributed by atoms with Crippen LogP contribution in [0.15, 0.2) is 118 Å². The number of thioether (sulfide) groups is 1. The molecule has 5 aromatic rings. The van der Waals surface area contributed by atoms with Gasteiger partial charge < -0.3 is 15.4 Å². The van der Waals surface area contributed by atoms with Gasteiger partial charge in [0, 0.05) is 31.6 Å². The smallest absolute Gasteiger partial charge is 0.255 e. The Morgan fingerprint density at radius 1 is 0.900 bits per heavy atom. The zero-order valence-corrected chi connectivity index (χ0v) is 24.6. The van der Waals surface area contributed by atoms with Crippen LogP contribution < -0.4 is 15.4 Å². The van der Waals surface area contributed by atoms with E-state index in [1.165, 1.54) is 23.1 Å². The molecule has 2 amide bonds. The van der Waals surface area contributed by atoms with E-state index in [0.717, 1.165) is 26.2 Å². The van der Waals surface area contributed by atoms with Crippen molar-refractivity contribution in [1.29, 1.82) is 0 Å². The van der Waals surface area contributed by atoms with Crippen LogP contribution in [0.1, 0.15) is 21.2 Å². The summed E-state index contributed by atoms with van der Waals surface area (Å²) in [5, 5.41) is 7.86. The molecule has 0 bridgehead atoms. The van der Waals surface area contributed by atoms with Crippen LogP contribution >= 0.6 is 39.0 Å². The molecule has 0 radical (unpaired) electrons. The number of rotatable bonds is 9. The molecule has 40 heavy (non-hydrogen) atoms. The molecular weight excluding hydrogens is 606 g/mol. The first-order chi connectivity index (χ1) is 19.5. The summed E-state index contributed by atoms with van der Waals surface area (Å²) in [6.07, 6.45) is 0. The first-order valence-corrected chi connectivity index (χ1v) is 14.8. The average molecular weight is 631 g/mol. The maximum atomic E-state index is 13.6. The molecule has 0 spiro atoms. The van der Waals surface area contributed by atoms with Gasteiger partial charge in [-0.3, -0.25) is 9.59 Å². The van der Waals surface area contributed by atoms with Gasteiger partial charge in [0.1, 0.15) is 11.0 Å². The summed E-state index contributed by atoms with van der Waals surface area (Å²) in [6.45, 7) is 0. The van der Waals surface area contributed by atoms with Crippen LogP contribution in [0, 0.1) is 0 Å². The van der Waals surface area contributed by atoms with E-state index in [9.17, 15) is 9.59 Å². The molecule has 6 nitrogen and oxygen atoms in total. The highest BCUT2D eigenvalue weighted by Gasteiger charge is 2.23. The number of ether oxygens (including phenoxy) is 1. The zero-order chi connectivity index (χ0) is 27.9. The fraction of sp³-hybridized carbons (Fsp3) is 0.0645. The van der Waals surface area contributed by atoms with Gasteiger partial charge in [-0.15, -0.1) is 23.1 Å². The maximum absolute atomic E-state index is 13.6. The van der Waals surface area contributed by atoms with Gasteiger partial charge in [-0.2, -0.15) is 0 Å². The molecule has 9 heteroatoms. The second-order valence-corrected chi connectivity index (χ2v) is 11.6. The quantitative estimate of drug-likeness (QED) is 0.160. The summed E-state index contributed by atoms with van der Waals surface area (Å²) in [5.41, 5.74) is 3.80. The highest BCUT2D eigenvalue weighted by atomic mass is 79.9. The number of nitrogens with one attached hydrogen (secondary N) is 2. The molecule has 4 aromatic carbocycles. The Bertz CT molecular complexity index is 1610. The predicted octanol–water partition coefficient (Wildman–Crippen LogP) is 8.31. The first kappa shape index (κ1) is 27.6. The topological polar surface area (TPSA) is 80.3 Å². The molecule has 0 saturated heterocycles. The Morgan fingerprint density at radius 2 is 1.65 bits per heavy atom. The SMILES string of the molecule is COc1ccc(C(=O)Nc2cccc(SC(C(=O)Nc3nc(-c4ccc(Br)cc4)cs3)c3ccccc3)c2)cc1. The molecule has 0 aliphatic carbocycles. The summed E-state index contributed by atoms with van der Waals surface area (Å²) in [6, 6.07) is 31.9. The fourth-order valence-electron chi connectivity index (χ4n) is 3.88. The number of carbonyl (C=O) groups is 2. The minimum absolute atomic E-state index is 0.180. The standard InChI is InChI=1S/C31H24BrN3O3S2/c1-38-25-16-12-22(13-17-25)29(36)33-24-8-5-9-26(18-24)40-28(21-6-3-2-4-7-21)30(37)35-31-34-27(19-39-31)20-10-14-23(32)15-11-20/h2-19,28H,1H3,(H,33,36)(H,34,35,37). The van der Waals surface area contributed by atoms with E-state index in [0.29, 0.717) is 22.1 Å². The van der Waals surface area contributed by atoms with Crippen LogP contribution in [0.4, 0.5) is 10.8 Å². The van der Waals surface area contributed by atoms with Crippen LogP contribution in [0.5, 0.6) is 5.75 Å². The summed E-state index contributed by atoms with van der Waals surface area (Å²) in [7, 11) is 1.58. The lowest BCUT2D eigenvalue weighted by molar-refractivity contribution is -0.115. The van der Waals surface area contributed by atoms with Crippen LogP contribution in [0.3, 0.4) is 0 Å². The van der Waals surface area contributed by atoms with Crippen molar-refractivity contribution in [3.05, 3.63) is 124 Å². The van der Waals surface area contributed by atoms with Crippen molar-refractivity contribution in [3.63, 3.8) is 0 Å². The van der Waals surface area contributed by atoms with Crippen molar-refractivity contribution in [2.45, 2.75) is 10.1 Å². The molecule has 2 N–H and O–H groups in total. The van der Waals surface area contributed by atoms with E-state index in [1.54, 1.807) is 31.4 Å². The number of nitrogens with zero attached hydrogens (tertiary/aromatic N) is 1. The number of halogens is 1.